The molecule has 4 nitrogen and oxygen atoms in total. The number of fused-ring (bicyclic) bond motifs is 1. The second kappa shape index (κ2) is 6.40. The van der Waals surface area contributed by atoms with Crippen molar-refractivity contribution in [3.05, 3.63) is 48.3 Å². The molecule has 0 saturated heterocycles. The lowest BCUT2D eigenvalue weighted by atomic mass is 10.0. The van der Waals surface area contributed by atoms with E-state index in [1.807, 2.05) is 0 Å². The van der Waals surface area contributed by atoms with E-state index in [2.05, 4.69) is 9.97 Å². The van der Waals surface area contributed by atoms with Gasteiger partial charge in [0.05, 0.1) is 28.8 Å². The molecule has 3 aromatic rings. The Morgan fingerprint density at radius 3 is 2.48 bits per heavy atom. The molecule has 3 rings (SSSR count). The van der Waals surface area contributed by atoms with Crippen LogP contribution in [-0.2, 0) is 17.4 Å². The molecule has 0 aliphatic heterocycles. The van der Waals surface area contributed by atoms with Crippen molar-refractivity contribution < 1.29 is 26.0 Å². The van der Waals surface area contributed by atoms with Gasteiger partial charge in [-0.05, 0) is 36.4 Å². The topological polar surface area (TPSA) is 52.1 Å². The zero-order valence-corrected chi connectivity index (χ0v) is 13.5. The van der Waals surface area contributed by atoms with Crippen LogP contribution in [0.25, 0.3) is 22.2 Å². The van der Waals surface area contributed by atoms with E-state index >= 15 is 0 Å². The van der Waals surface area contributed by atoms with Crippen LogP contribution in [0.3, 0.4) is 0 Å². The van der Waals surface area contributed by atoms with Crippen molar-refractivity contribution in [1.29, 1.82) is 0 Å². The van der Waals surface area contributed by atoms with E-state index in [-0.39, 0.29) is 10.6 Å². The summed E-state index contributed by atoms with van der Waals surface area (Å²) in [5.41, 5.74) is 0.126. The molecule has 2 aromatic carbocycles. The minimum Gasteiger partial charge on any atom is -0.496 e. The SMILES string of the molecule is COc1cc(C(F)(F)F)ccc1-c1ncnc2cc(S(=O)F)ccc12. The van der Waals surface area contributed by atoms with Gasteiger partial charge in [0.2, 0.25) is 11.2 Å². The number of nitrogens with zero attached hydrogens (tertiary/aromatic N) is 2. The van der Waals surface area contributed by atoms with E-state index in [0.717, 1.165) is 12.1 Å². The average Bonchev–Trinajstić information content (AvgIpc) is 2.59. The molecule has 1 atom stereocenters. The molecule has 0 aliphatic carbocycles. The number of ether oxygens (including phenoxy) is 1. The number of methoxy groups -OCH3 is 1. The summed E-state index contributed by atoms with van der Waals surface area (Å²) >= 11 is -2.67. The van der Waals surface area contributed by atoms with Crippen LogP contribution < -0.4 is 4.74 Å². The highest BCUT2D eigenvalue weighted by Gasteiger charge is 2.31. The molecule has 0 radical (unpaired) electrons. The van der Waals surface area contributed by atoms with Gasteiger partial charge in [0, 0.05) is 10.9 Å². The zero-order chi connectivity index (χ0) is 18.2. The predicted octanol–water partition coefficient (Wildman–Crippen LogP) is 4.32. The number of benzene rings is 2. The summed E-state index contributed by atoms with van der Waals surface area (Å²) in [6.07, 6.45) is -3.31. The molecule has 1 aromatic heterocycles. The van der Waals surface area contributed by atoms with Gasteiger partial charge in [-0.15, -0.1) is 3.89 Å². The maximum Gasteiger partial charge on any atom is 0.416 e. The highest BCUT2D eigenvalue weighted by atomic mass is 32.2. The van der Waals surface area contributed by atoms with Gasteiger partial charge < -0.3 is 4.74 Å². The van der Waals surface area contributed by atoms with Gasteiger partial charge in [-0.1, -0.05) is 0 Å². The lowest BCUT2D eigenvalue weighted by Crippen LogP contribution is -2.05. The second-order valence-corrected chi connectivity index (χ2v) is 5.96. The van der Waals surface area contributed by atoms with E-state index in [9.17, 15) is 21.3 Å². The molecule has 0 bridgehead atoms. The lowest BCUT2D eigenvalue weighted by Gasteiger charge is -2.13. The van der Waals surface area contributed by atoms with Gasteiger partial charge in [0.1, 0.15) is 12.1 Å². The van der Waals surface area contributed by atoms with Crippen molar-refractivity contribution in [2.75, 3.05) is 7.11 Å². The highest BCUT2D eigenvalue weighted by molar-refractivity contribution is 7.79. The Morgan fingerprint density at radius 1 is 1.08 bits per heavy atom. The Morgan fingerprint density at radius 2 is 1.84 bits per heavy atom. The monoisotopic (exact) mass is 370 g/mol. The molecule has 0 aliphatic rings. The van der Waals surface area contributed by atoms with Crippen LogP contribution in [-0.4, -0.2) is 21.3 Å². The molecule has 25 heavy (non-hydrogen) atoms. The summed E-state index contributed by atoms with van der Waals surface area (Å²) in [6.45, 7) is 0. The molecule has 0 amide bonds. The van der Waals surface area contributed by atoms with Crippen LogP contribution in [0.4, 0.5) is 17.1 Å². The van der Waals surface area contributed by atoms with Crippen molar-refractivity contribution in [2.24, 2.45) is 0 Å². The molecular formula is C16H10F4N2O2S. The number of halogens is 4. The largest absolute Gasteiger partial charge is 0.496 e. The van der Waals surface area contributed by atoms with Crippen molar-refractivity contribution in [3.63, 3.8) is 0 Å². The number of alkyl halides is 3. The Balaban J connectivity index is 2.21. The Hall–Kier alpha value is -2.55. The van der Waals surface area contributed by atoms with Crippen LogP contribution in [0.5, 0.6) is 5.75 Å². The van der Waals surface area contributed by atoms with Crippen LogP contribution in [0.1, 0.15) is 5.56 Å². The molecule has 1 heterocycles. The van der Waals surface area contributed by atoms with Crippen LogP contribution in [0.15, 0.2) is 47.6 Å². The van der Waals surface area contributed by atoms with Crippen LogP contribution in [0, 0.1) is 0 Å². The third-order valence-corrected chi connectivity index (χ3v) is 4.20. The minimum absolute atomic E-state index is 0.00651. The van der Waals surface area contributed by atoms with E-state index in [1.165, 1.54) is 37.7 Å². The fourth-order valence-electron chi connectivity index (χ4n) is 2.41. The fraction of sp³-hybridized carbons (Fsp3) is 0.125. The molecule has 0 N–H and O–H groups in total. The zero-order valence-electron chi connectivity index (χ0n) is 12.7. The molecule has 0 fully saturated rings. The van der Waals surface area contributed by atoms with E-state index in [4.69, 9.17) is 4.74 Å². The summed E-state index contributed by atoms with van der Waals surface area (Å²) in [6, 6.07) is 7.14. The third kappa shape index (κ3) is 3.32. The summed E-state index contributed by atoms with van der Waals surface area (Å²) in [4.78, 5) is 8.04. The Labute approximate surface area is 142 Å². The Kier molecular flexibility index (Phi) is 4.42. The first-order valence-electron chi connectivity index (χ1n) is 6.89. The van der Waals surface area contributed by atoms with E-state index < -0.39 is 22.9 Å². The van der Waals surface area contributed by atoms with Gasteiger partial charge in [-0.3, -0.25) is 0 Å². The summed E-state index contributed by atoms with van der Waals surface area (Å²) < 4.78 is 67.6. The number of rotatable bonds is 3. The first kappa shape index (κ1) is 17.3. The molecule has 130 valence electrons. The van der Waals surface area contributed by atoms with Gasteiger partial charge in [-0.2, -0.15) is 13.2 Å². The maximum atomic E-state index is 13.0. The Bertz CT molecular complexity index is 976. The number of aromatic nitrogens is 2. The summed E-state index contributed by atoms with van der Waals surface area (Å²) in [7, 11) is 1.26. The maximum absolute atomic E-state index is 13.0. The number of hydrogen-bond donors (Lipinski definition) is 0. The molecule has 9 heteroatoms. The van der Waals surface area contributed by atoms with Gasteiger partial charge in [-0.25, -0.2) is 14.2 Å². The fourth-order valence-corrected chi connectivity index (χ4v) is 2.79. The molecule has 1 unspecified atom stereocenters. The minimum atomic E-state index is -4.50. The highest BCUT2D eigenvalue weighted by Crippen LogP contribution is 2.38. The summed E-state index contributed by atoms with van der Waals surface area (Å²) in [5, 5.41) is 0.467. The molecule has 0 spiro atoms. The second-order valence-electron chi connectivity index (χ2n) is 5.04. The lowest BCUT2D eigenvalue weighted by molar-refractivity contribution is -0.137. The van der Waals surface area contributed by atoms with Gasteiger partial charge in [0.15, 0.2) is 0 Å². The third-order valence-electron chi connectivity index (χ3n) is 3.58. The normalized spacial score (nSPS) is 13.0. The quantitative estimate of drug-likeness (QED) is 0.509. The van der Waals surface area contributed by atoms with Gasteiger partial charge in [0.25, 0.3) is 0 Å². The van der Waals surface area contributed by atoms with Gasteiger partial charge >= 0.3 is 6.18 Å². The van der Waals surface area contributed by atoms with E-state index in [0.29, 0.717) is 22.2 Å². The average molecular weight is 370 g/mol. The van der Waals surface area contributed by atoms with Crippen molar-refractivity contribution in [1.82, 2.24) is 9.97 Å². The van der Waals surface area contributed by atoms with E-state index in [1.54, 1.807) is 0 Å². The summed E-state index contributed by atoms with van der Waals surface area (Å²) in [5.74, 6) is -0.00651. The van der Waals surface area contributed by atoms with Crippen LogP contribution in [0.2, 0.25) is 0 Å². The molecular weight excluding hydrogens is 360 g/mol. The first-order valence-corrected chi connectivity index (χ1v) is 7.94. The standard InChI is InChI=1S/C16H10F4N2O2S/c1-24-14-6-9(16(17,18)19)2-4-12(14)15-11-5-3-10(25(20)23)7-13(11)21-8-22-15/h2-8H,1H3. The smallest absolute Gasteiger partial charge is 0.416 e. The molecule has 0 saturated carbocycles. The van der Waals surface area contributed by atoms with Crippen molar-refractivity contribution >= 4 is 22.1 Å². The number of hydrogen-bond acceptors (Lipinski definition) is 4. The van der Waals surface area contributed by atoms with Crippen LogP contribution >= 0.6 is 0 Å². The first-order chi connectivity index (χ1) is 11.8. The van der Waals surface area contributed by atoms with Crippen molar-refractivity contribution in [2.45, 2.75) is 11.1 Å². The van der Waals surface area contributed by atoms with Crippen molar-refractivity contribution in [3.8, 4) is 17.0 Å². The predicted molar refractivity (Wildman–Crippen MR) is 84.0 cm³/mol.